The molecule has 1 aromatic heterocycles. The molecule has 18 heavy (non-hydrogen) atoms. The Balaban J connectivity index is 2.42. The summed E-state index contributed by atoms with van der Waals surface area (Å²) in [6, 6.07) is 12.9. The van der Waals surface area contributed by atoms with Crippen LogP contribution in [0.15, 0.2) is 47.3 Å². The maximum Gasteiger partial charge on any atom is 0.256 e. The first-order valence-corrected chi connectivity index (χ1v) is 5.54. The van der Waals surface area contributed by atoms with E-state index in [1.54, 1.807) is 12.1 Å². The van der Waals surface area contributed by atoms with E-state index in [1.165, 1.54) is 0 Å². The molecule has 1 heterocycles. The topological polar surface area (TPSA) is 62.0 Å². The molecular formula is C14H10N2O2. The van der Waals surface area contributed by atoms with Crippen LogP contribution in [0.4, 0.5) is 5.69 Å². The van der Waals surface area contributed by atoms with Crippen LogP contribution in [0.1, 0.15) is 0 Å². The number of rotatable bonds is 2. The highest BCUT2D eigenvalue weighted by molar-refractivity contribution is 6.06. The van der Waals surface area contributed by atoms with E-state index in [0.29, 0.717) is 23.0 Å². The molecular weight excluding hydrogens is 228 g/mol. The van der Waals surface area contributed by atoms with E-state index in [-0.39, 0.29) is 5.56 Å². The summed E-state index contributed by atoms with van der Waals surface area (Å²) in [5.41, 5.74) is 1.25. The first-order chi connectivity index (χ1) is 8.79. The Bertz CT molecular complexity index is 806. The Morgan fingerprint density at radius 2 is 1.78 bits per heavy atom. The van der Waals surface area contributed by atoms with Crippen molar-refractivity contribution in [2.75, 3.05) is 5.32 Å². The highest BCUT2D eigenvalue weighted by atomic mass is 16.1. The number of benzene rings is 2. The minimum absolute atomic E-state index is 0.124. The van der Waals surface area contributed by atoms with Crippen molar-refractivity contribution in [1.29, 1.82) is 0 Å². The molecule has 0 unspecified atom stereocenters. The number of aromatic nitrogens is 1. The number of hydrogen-bond donors (Lipinski definition) is 2. The summed E-state index contributed by atoms with van der Waals surface area (Å²) in [5, 5.41) is 5.10. The third-order valence-corrected chi connectivity index (χ3v) is 2.96. The summed E-state index contributed by atoms with van der Waals surface area (Å²) in [4.78, 5) is 25.1. The van der Waals surface area contributed by atoms with Crippen LogP contribution in [-0.4, -0.2) is 11.4 Å². The Labute approximate surface area is 102 Å². The highest BCUT2D eigenvalue weighted by Crippen LogP contribution is 2.23. The van der Waals surface area contributed by atoms with Gasteiger partial charge in [0.05, 0.1) is 5.52 Å². The Morgan fingerprint density at radius 3 is 2.56 bits per heavy atom. The van der Waals surface area contributed by atoms with E-state index in [1.807, 2.05) is 30.3 Å². The van der Waals surface area contributed by atoms with Gasteiger partial charge in [-0.05, 0) is 23.6 Å². The number of aromatic amines is 1. The van der Waals surface area contributed by atoms with Gasteiger partial charge < -0.3 is 10.3 Å². The van der Waals surface area contributed by atoms with Crippen molar-refractivity contribution in [3.63, 3.8) is 0 Å². The van der Waals surface area contributed by atoms with Crippen molar-refractivity contribution in [3.8, 4) is 0 Å². The van der Waals surface area contributed by atoms with Crippen molar-refractivity contribution >= 4 is 33.8 Å². The minimum Gasteiger partial charge on any atom is -0.329 e. The van der Waals surface area contributed by atoms with E-state index in [9.17, 15) is 9.59 Å². The van der Waals surface area contributed by atoms with Gasteiger partial charge in [-0.25, -0.2) is 0 Å². The lowest BCUT2D eigenvalue weighted by Crippen LogP contribution is -2.06. The summed E-state index contributed by atoms with van der Waals surface area (Å²) in [6.45, 7) is 0. The van der Waals surface area contributed by atoms with Gasteiger partial charge in [-0.3, -0.25) is 9.59 Å². The fourth-order valence-electron chi connectivity index (χ4n) is 2.15. The lowest BCUT2D eigenvalue weighted by molar-refractivity contribution is -0.105. The van der Waals surface area contributed by atoms with E-state index in [2.05, 4.69) is 10.3 Å². The minimum atomic E-state index is -0.124. The zero-order valence-corrected chi connectivity index (χ0v) is 9.44. The summed E-state index contributed by atoms with van der Waals surface area (Å²) >= 11 is 0. The number of carbonyl (C=O) groups is 1. The van der Waals surface area contributed by atoms with Crippen LogP contribution in [0.2, 0.25) is 0 Å². The van der Waals surface area contributed by atoms with E-state index in [4.69, 9.17) is 0 Å². The molecule has 0 spiro atoms. The van der Waals surface area contributed by atoms with Gasteiger partial charge >= 0.3 is 0 Å². The second kappa shape index (κ2) is 4.00. The first kappa shape index (κ1) is 10.5. The SMILES string of the molecule is O=CNc1ccc2c(c1)[nH]c(=O)c1ccccc12. The second-order valence-corrected chi connectivity index (χ2v) is 4.02. The maximum atomic E-state index is 11.9. The van der Waals surface area contributed by atoms with Crippen LogP contribution in [-0.2, 0) is 4.79 Å². The molecule has 4 nitrogen and oxygen atoms in total. The average molecular weight is 238 g/mol. The quantitative estimate of drug-likeness (QED) is 0.531. The molecule has 0 aliphatic heterocycles. The van der Waals surface area contributed by atoms with Gasteiger partial charge in [0.15, 0.2) is 0 Å². The number of fused-ring (bicyclic) bond motifs is 3. The number of carbonyl (C=O) groups excluding carboxylic acids is 1. The zero-order chi connectivity index (χ0) is 12.5. The number of hydrogen-bond acceptors (Lipinski definition) is 2. The Hall–Kier alpha value is -2.62. The molecule has 0 radical (unpaired) electrons. The standard InChI is InChI=1S/C14H10N2O2/c17-8-15-9-5-6-11-10-3-1-2-4-12(10)14(18)16-13(11)7-9/h1-8H,(H,15,17)(H,16,18). The summed E-state index contributed by atoms with van der Waals surface area (Å²) in [6.07, 6.45) is 0.611. The Kier molecular flexibility index (Phi) is 2.34. The van der Waals surface area contributed by atoms with Gasteiger partial charge in [-0.15, -0.1) is 0 Å². The van der Waals surface area contributed by atoms with Crippen molar-refractivity contribution in [1.82, 2.24) is 4.98 Å². The van der Waals surface area contributed by atoms with Gasteiger partial charge in [-0.1, -0.05) is 24.3 Å². The number of pyridine rings is 1. The summed E-state index contributed by atoms with van der Waals surface area (Å²) < 4.78 is 0. The van der Waals surface area contributed by atoms with Crippen LogP contribution >= 0.6 is 0 Å². The van der Waals surface area contributed by atoms with Crippen molar-refractivity contribution in [2.24, 2.45) is 0 Å². The Morgan fingerprint density at radius 1 is 1.00 bits per heavy atom. The molecule has 0 aliphatic carbocycles. The van der Waals surface area contributed by atoms with E-state index < -0.39 is 0 Å². The largest absolute Gasteiger partial charge is 0.329 e. The first-order valence-electron chi connectivity index (χ1n) is 5.54. The van der Waals surface area contributed by atoms with Crippen LogP contribution in [0.5, 0.6) is 0 Å². The van der Waals surface area contributed by atoms with Crippen molar-refractivity contribution in [2.45, 2.75) is 0 Å². The third kappa shape index (κ3) is 1.55. The monoisotopic (exact) mass is 238 g/mol. The van der Waals surface area contributed by atoms with Crippen LogP contribution in [0.25, 0.3) is 21.7 Å². The predicted octanol–water partition coefficient (Wildman–Crippen LogP) is 2.25. The molecule has 0 aliphatic rings. The van der Waals surface area contributed by atoms with E-state index in [0.717, 1.165) is 10.8 Å². The molecule has 3 aromatic rings. The van der Waals surface area contributed by atoms with Crippen LogP contribution < -0.4 is 10.9 Å². The fourth-order valence-corrected chi connectivity index (χ4v) is 2.15. The fraction of sp³-hybridized carbons (Fsp3) is 0. The normalized spacial score (nSPS) is 10.7. The smallest absolute Gasteiger partial charge is 0.256 e. The molecule has 4 heteroatoms. The lowest BCUT2D eigenvalue weighted by Gasteiger charge is -2.05. The molecule has 0 atom stereocenters. The molecule has 2 N–H and O–H groups in total. The van der Waals surface area contributed by atoms with Gasteiger partial charge in [0.1, 0.15) is 0 Å². The maximum absolute atomic E-state index is 11.9. The molecule has 1 amide bonds. The molecule has 0 bridgehead atoms. The number of anilines is 1. The van der Waals surface area contributed by atoms with Gasteiger partial charge in [0, 0.05) is 16.5 Å². The average Bonchev–Trinajstić information content (AvgIpc) is 2.39. The van der Waals surface area contributed by atoms with Crippen molar-refractivity contribution < 1.29 is 4.79 Å². The van der Waals surface area contributed by atoms with Crippen LogP contribution in [0.3, 0.4) is 0 Å². The molecule has 0 saturated heterocycles. The van der Waals surface area contributed by atoms with E-state index >= 15 is 0 Å². The van der Waals surface area contributed by atoms with Gasteiger partial charge in [0.25, 0.3) is 5.56 Å². The molecule has 0 fully saturated rings. The number of H-pyrrole nitrogens is 1. The molecule has 88 valence electrons. The summed E-state index contributed by atoms with van der Waals surface area (Å²) in [5.74, 6) is 0. The highest BCUT2D eigenvalue weighted by Gasteiger charge is 2.04. The second-order valence-electron chi connectivity index (χ2n) is 4.02. The zero-order valence-electron chi connectivity index (χ0n) is 9.44. The third-order valence-electron chi connectivity index (χ3n) is 2.96. The van der Waals surface area contributed by atoms with Gasteiger partial charge in [0.2, 0.25) is 6.41 Å². The van der Waals surface area contributed by atoms with Crippen LogP contribution in [0, 0.1) is 0 Å². The number of amides is 1. The summed E-state index contributed by atoms with van der Waals surface area (Å²) in [7, 11) is 0. The molecule has 2 aromatic carbocycles. The lowest BCUT2D eigenvalue weighted by atomic mass is 10.1. The molecule has 3 rings (SSSR count). The number of nitrogens with one attached hydrogen (secondary N) is 2. The van der Waals surface area contributed by atoms with Crippen molar-refractivity contribution in [3.05, 3.63) is 52.8 Å². The predicted molar refractivity (Wildman–Crippen MR) is 71.8 cm³/mol. The molecule has 0 saturated carbocycles. The van der Waals surface area contributed by atoms with Gasteiger partial charge in [-0.2, -0.15) is 0 Å².